The Morgan fingerprint density at radius 3 is 1.38 bits per heavy atom. The van der Waals surface area contributed by atoms with Crippen molar-refractivity contribution >= 4 is 54.4 Å². The number of benzene rings is 9. The Kier molecular flexibility index (Phi) is 7.17. The Hall–Kier alpha value is -7.36. The van der Waals surface area contributed by atoms with Gasteiger partial charge in [-0.3, -0.25) is 9.97 Å². The standard InChI is InChI=1S/C52H33N3/c1-2-14-42(15-3-1)55-49-19-7-6-17-44(49)45-26-24-41(33-50(45)55)39-13-9-12-38(31-39)37-11-8-10-36(30-37)34-20-22-35(23-21-34)40-25-27-47-48(32-40)43-16-4-5-18-46(43)51-52(47)54-29-28-53-51/h1-33H. The van der Waals surface area contributed by atoms with Crippen LogP contribution in [0.4, 0.5) is 0 Å². The fourth-order valence-corrected chi connectivity index (χ4v) is 8.43. The minimum atomic E-state index is 0.941. The molecule has 0 aliphatic rings. The smallest absolute Gasteiger partial charge is 0.0971 e. The highest BCUT2D eigenvalue weighted by Crippen LogP contribution is 2.38. The molecule has 0 fully saturated rings. The summed E-state index contributed by atoms with van der Waals surface area (Å²) in [6, 6.07) is 68.1. The summed E-state index contributed by atoms with van der Waals surface area (Å²) in [6.45, 7) is 0. The molecule has 11 aromatic rings. The number of hydrogen-bond donors (Lipinski definition) is 0. The summed E-state index contributed by atoms with van der Waals surface area (Å²) in [5.41, 5.74) is 15.0. The maximum Gasteiger partial charge on any atom is 0.0971 e. The van der Waals surface area contributed by atoms with Crippen LogP contribution in [0.5, 0.6) is 0 Å². The fourth-order valence-electron chi connectivity index (χ4n) is 8.43. The van der Waals surface area contributed by atoms with Crippen LogP contribution in [0.15, 0.2) is 200 Å². The average Bonchev–Trinajstić information content (AvgIpc) is 3.60. The minimum absolute atomic E-state index is 0.941. The Balaban J connectivity index is 0.929. The summed E-state index contributed by atoms with van der Waals surface area (Å²) in [6.07, 6.45) is 3.55. The summed E-state index contributed by atoms with van der Waals surface area (Å²) >= 11 is 0. The van der Waals surface area contributed by atoms with Crippen molar-refractivity contribution in [3.05, 3.63) is 200 Å². The molecule has 11 rings (SSSR count). The Morgan fingerprint density at radius 1 is 0.273 bits per heavy atom. The van der Waals surface area contributed by atoms with Gasteiger partial charge in [0.15, 0.2) is 0 Å². The lowest BCUT2D eigenvalue weighted by atomic mass is 9.94. The molecule has 256 valence electrons. The van der Waals surface area contributed by atoms with Crippen molar-refractivity contribution in [2.75, 3.05) is 0 Å². The van der Waals surface area contributed by atoms with E-state index in [2.05, 4.69) is 198 Å². The number of nitrogens with zero attached hydrogens (tertiary/aromatic N) is 3. The Labute approximate surface area is 318 Å². The van der Waals surface area contributed by atoms with Crippen molar-refractivity contribution in [3.63, 3.8) is 0 Å². The van der Waals surface area contributed by atoms with E-state index in [1.54, 1.807) is 12.4 Å². The van der Waals surface area contributed by atoms with Gasteiger partial charge in [0, 0.05) is 39.6 Å². The van der Waals surface area contributed by atoms with E-state index < -0.39 is 0 Å². The van der Waals surface area contributed by atoms with Crippen LogP contribution in [0.25, 0.3) is 105 Å². The zero-order valence-corrected chi connectivity index (χ0v) is 29.9. The van der Waals surface area contributed by atoms with Gasteiger partial charge in [-0.1, -0.05) is 146 Å². The maximum absolute atomic E-state index is 4.72. The third kappa shape index (κ3) is 5.20. The third-order valence-corrected chi connectivity index (χ3v) is 11.1. The summed E-state index contributed by atoms with van der Waals surface area (Å²) in [4.78, 5) is 9.41. The largest absolute Gasteiger partial charge is 0.309 e. The highest BCUT2D eigenvalue weighted by Gasteiger charge is 2.15. The highest BCUT2D eigenvalue weighted by molar-refractivity contribution is 6.23. The van der Waals surface area contributed by atoms with Crippen LogP contribution in [-0.4, -0.2) is 14.5 Å². The zero-order valence-electron chi connectivity index (χ0n) is 29.9. The lowest BCUT2D eigenvalue weighted by Gasteiger charge is -2.12. The molecule has 0 aliphatic carbocycles. The average molecular weight is 700 g/mol. The quantitative estimate of drug-likeness (QED) is 0.167. The molecule has 0 amide bonds. The number of hydrogen-bond acceptors (Lipinski definition) is 2. The number of rotatable bonds is 5. The van der Waals surface area contributed by atoms with Gasteiger partial charge in [0.2, 0.25) is 0 Å². The van der Waals surface area contributed by atoms with Crippen LogP contribution < -0.4 is 0 Å². The molecular weight excluding hydrogens is 667 g/mol. The van der Waals surface area contributed by atoms with Gasteiger partial charge in [0.05, 0.1) is 22.1 Å². The molecule has 9 aromatic carbocycles. The van der Waals surface area contributed by atoms with E-state index in [-0.39, 0.29) is 0 Å². The Morgan fingerprint density at radius 2 is 0.727 bits per heavy atom. The highest BCUT2D eigenvalue weighted by atomic mass is 15.0. The summed E-state index contributed by atoms with van der Waals surface area (Å²) in [5.74, 6) is 0. The van der Waals surface area contributed by atoms with Gasteiger partial charge in [-0.25, -0.2) is 0 Å². The van der Waals surface area contributed by atoms with Crippen molar-refractivity contribution in [2.24, 2.45) is 0 Å². The van der Waals surface area contributed by atoms with Crippen molar-refractivity contribution < 1.29 is 0 Å². The molecule has 0 spiro atoms. The minimum Gasteiger partial charge on any atom is -0.309 e. The van der Waals surface area contributed by atoms with Gasteiger partial charge in [-0.05, 0) is 97.7 Å². The first-order valence-corrected chi connectivity index (χ1v) is 18.7. The molecule has 0 unspecified atom stereocenters. The number of para-hydroxylation sites is 2. The molecule has 0 saturated carbocycles. The summed E-state index contributed by atoms with van der Waals surface area (Å²) < 4.78 is 2.38. The molecule has 0 atom stereocenters. The first-order chi connectivity index (χ1) is 27.3. The molecule has 0 radical (unpaired) electrons. The summed E-state index contributed by atoms with van der Waals surface area (Å²) in [7, 11) is 0. The van der Waals surface area contributed by atoms with Gasteiger partial charge < -0.3 is 4.57 Å². The van der Waals surface area contributed by atoms with Gasteiger partial charge in [-0.2, -0.15) is 0 Å². The molecule has 0 aliphatic heterocycles. The maximum atomic E-state index is 4.72. The van der Waals surface area contributed by atoms with E-state index in [0.29, 0.717) is 0 Å². The van der Waals surface area contributed by atoms with E-state index in [1.807, 2.05) is 0 Å². The third-order valence-electron chi connectivity index (χ3n) is 11.1. The van der Waals surface area contributed by atoms with Crippen LogP contribution >= 0.6 is 0 Å². The lowest BCUT2D eigenvalue weighted by molar-refractivity contribution is 1.18. The van der Waals surface area contributed by atoms with Crippen molar-refractivity contribution in [3.8, 4) is 50.2 Å². The predicted octanol–water partition coefficient (Wildman–Crippen LogP) is 13.7. The molecular formula is C52H33N3. The first kappa shape index (κ1) is 31.2. The predicted molar refractivity (Wildman–Crippen MR) is 231 cm³/mol. The van der Waals surface area contributed by atoms with Crippen LogP contribution in [0.2, 0.25) is 0 Å². The normalized spacial score (nSPS) is 11.6. The molecule has 3 nitrogen and oxygen atoms in total. The Bertz CT molecular complexity index is 3210. The molecule has 2 aromatic heterocycles. The first-order valence-electron chi connectivity index (χ1n) is 18.7. The van der Waals surface area contributed by atoms with E-state index in [9.17, 15) is 0 Å². The molecule has 0 saturated heterocycles. The van der Waals surface area contributed by atoms with Crippen LogP contribution in [-0.2, 0) is 0 Å². The fraction of sp³-hybridized carbons (Fsp3) is 0. The van der Waals surface area contributed by atoms with Crippen LogP contribution in [0.1, 0.15) is 0 Å². The SMILES string of the molecule is c1ccc(-n2c3ccccc3c3ccc(-c4cccc(-c5cccc(-c6ccc(-c7ccc8c(c7)c7ccccc7c7nccnc87)cc6)c5)c4)cc32)cc1. The van der Waals surface area contributed by atoms with E-state index >= 15 is 0 Å². The van der Waals surface area contributed by atoms with Crippen LogP contribution in [0, 0.1) is 0 Å². The number of aromatic nitrogens is 3. The van der Waals surface area contributed by atoms with Crippen LogP contribution in [0.3, 0.4) is 0 Å². The molecule has 3 heteroatoms. The van der Waals surface area contributed by atoms with Crippen molar-refractivity contribution in [2.45, 2.75) is 0 Å². The molecule has 55 heavy (non-hydrogen) atoms. The zero-order chi connectivity index (χ0) is 36.3. The van der Waals surface area contributed by atoms with Gasteiger partial charge in [0.1, 0.15) is 0 Å². The lowest BCUT2D eigenvalue weighted by Crippen LogP contribution is -1.93. The van der Waals surface area contributed by atoms with Crippen molar-refractivity contribution in [1.82, 2.24) is 14.5 Å². The summed E-state index contributed by atoms with van der Waals surface area (Å²) in [5, 5.41) is 7.17. The number of fused-ring (bicyclic) bond motifs is 9. The van der Waals surface area contributed by atoms with E-state index in [4.69, 9.17) is 4.98 Å². The molecule has 0 bridgehead atoms. The second-order valence-corrected chi connectivity index (χ2v) is 14.2. The monoisotopic (exact) mass is 699 g/mol. The van der Waals surface area contributed by atoms with Crippen molar-refractivity contribution in [1.29, 1.82) is 0 Å². The second-order valence-electron chi connectivity index (χ2n) is 14.2. The van der Waals surface area contributed by atoms with E-state index in [1.165, 1.54) is 82.8 Å². The van der Waals surface area contributed by atoms with Gasteiger partial charge in [-0.15, -0.1) is 0 Å². The molecule has 0 N–H and O–H groups in total. The van der Waals surface area contributed by atoms with E-state index in [0.717, 1.165) is 21.8 Å². The molecule has 2 heterocycles. The van der Waals surface area contributed by atoms with Gasteiger partial charge >= 0.3 is 0 Å². The topological polar surface area (TPSA) is 30.7 Å². The van der Waals surface area contributed by atoms with Gasteiger partial charge in [0.25, 0.3) is 0 Å². The second kappa shape index (κ2) is 12.6.